The van der Waals surface area contributed by atoms with Crippen LogP contribution >= 0.6 is 11.3 Å². The van der Waals surface area contributed by atoms with Gasteiger partial charge in [0.2, 0.25) is 5.91 Å². The molecule has 0 bridgehead atoms. The third-order valence-corrected chi connectivity index (χ3v) is 5.83. The summed E-state index contributed by atoms with van der Waals surface area (Å²) < 4.78 is 23.3. The fraction of sp³-hybridized carbons (Fsp3) is 0.667. The van der Waals surface area contributed by atoms with Crippen LogP contribution in [0.1, 0.15) is 26.0 Å². The van der Waals surface area contributed by atoms with Crippen LogP contribution in [0.4, 0.5) is 5.13 Å². The van der Waals surface area contributed by atoms with E-state index in [1.807, 2.05) is 12.3 Å². The van der Waals surface area contributed by atoms with Crippen LogP contribution in [0.5, 0.6) is 0 Å². The van der Waals surface area contributed by atoms with Crippen molar-refractivity contribution in [1.29, 1.82) is 0 Å². The minimum atomic E-state index is -2.90. The molecule has 8 heteroatoms. The fourth-order valence-corrected chi connectivity index (χ4v) is 4.31. The molecule has 1 aromatic heterocycles. The molecule has 0 radical (unpaired) electrons. The Balaban J connectivity index is 2.01. The lowest BCUT2D eigenvalue weighted by Gasteiger charge is -2.25. The zero-order valence-corrected chi connectivity index (χ0v) is 13.3. The molecular weight excluding hydrogens is 298 g/mol. The number of hydrogen-bond donors (Lipinski definition) is 1. The highest BCUT2D eigenvalue weighted by atomic mass is 32.2. The molecule has 0 saturated carbocycles. The van der Waals surface area contributed by atoms with Crippen LogP contribution in [-0.4, -0.2) is 48.3 Å². The highest BCUT2D eigenvalue weighted by molar-refractivity contribution is 7.91. The van der Waals surface area contributed by atoms with Gasteiger partial charge in [0.15, 0.2) is 15.0 Å². The lowest BCUT2D eigenvalue weighted by Crippen LogP contribution is -2.33. The first-order chi connectivity index (χ1) is 9.35. The Morgan fingerprint density at radius 1 is 1.55 bits per heavy atom. The molecule has 1 amide bonds. The van der Waals surface area contributed by atoms with Crippen molar-refractivity contribution in [3.05, 3.63) is 11.1 Å². The van der Waals surface area contributed by atoms with Crippen molar-refractivity contribution in [3.63, 3.8) is 0 Å². The Morgan fingerprint density at radius 2 is 2.30 bits per heavy atom. The molecule has 1 fully saturated rings. The van der Waals surface area contributed by atoms with Crippen molar-refractivity contribution >= 4 is 32.2 Å². The molecule has 1 aliphatic heterocycles. The highest BCUT2D eigenvalue weighted by Gasteiger charge is 2.24. The van der Waals surface area contributed by atoms with E-state index in [2.05, 4.69) is 15.2 Å². The number of amides is 1. The first-order valence-electron chi connectivity index (χ1n) is 6.52. The first-order valence-corrected chi connectivity index (χ1v) is 9.22. The fourth-order valence-electron chi connectivity index (χ4n) is 2.14. The molecule has 1 atom stereocenters. The number of anilines is 1. The predicted octanol–water partition coefficient (Wildman–Crippen LogP) is 1.11. The molecule has 1 saturated heterocycles. The van der Waals surface area contributed by atoms with Crippen LogP contribution in [0, 0.1) is 0 Å². The van der Waals surface area contributed by atoms with Crippen LogP contribution in [0.3, 0.4) is 0 Å². The first kappa shape index (κ1) is 15.4. The van der Waals surface area contributed by atoms with Gasteiger partial charge in [-0.2, -0.15) is 0 Å². The smallest absolute Gasteiger partial charge is 0.223 e. The molecule has 0 aliphatic carbocycles. The van der Waals surface area contributed by atoms with Gasteiger partial charge in [0.25, 0.3) is 0 Å². The van der Waals surface area contributed by atoms with Crippen LogP contribution in [-0.2, 0) is 21.2 Å². The van der Waals surface area contributed by atoms with E-state index in [1.165, 1.54) is 18.3 Å². The van der Waals surface area contributed by atoms with Crippen molar-refractivity contribution in [3.8, 4) is 0 Å². The number of thiazole rings is 1. The highest BCUT2D eigenvalue weighted by Crippen LogP contribution is 2.20. The van der Waals surface area contributed by atoms with E-state index in [1.54, 1.807) is 0 Å². The minimum Gasteiger partial charge on any atom is -0.302 e. The molecule has 6 nitrogen and oxygen atoms in total. The molecule has 1 unspecified atom stereocenters. The average molecular weight is 317 g/mol. The maximum absolute atomic E-state index is 11.7. The van der Waals surface area contributed by atoms with Crippen LogP contribution in [0.15, 0.2) is 5.38 Å². The quantitative estimate of drug-likeness (QED) is 0.903. The largest absolute Gasteiger partial charge is 0.302 e. The zero-order valence-electron chi connectivity index (χ0n) is 11.6. The van der Waals surface area contributed by atoms with Crippen molar-refractivity contribution in [1.82, 2.24) is 9.88 Å². The molecule has 2 heterocycles. The zero-order chi connectivity index (χ0) is 14.8. The summed E-state index contributed by atoms with van der Waals surface area (Å²) in [6, 6.07) is 0.221. The van der Waals surface area contributed by atoms with Gasteiger partial charge in [-0.15, -0.1) is 11.3 Å². The predicted molar refractivity (Wildman–Crippen MR) is 79.6 cm³/mol. The summed E-state index contributed by atoms with van der Waals surface area (Å²) >= 11 is 1.38. The van der Waals surface area contributed by atoms with Gasteiger partial charge in [-0.25, -0.2) is 13.4 Å². The Hall–Kier alpha value is -0.990. The van der Waals surface area contributed by atoms with E-state index in [0.29, 0.717) is 24.6 Å². The maximum Gasteiger partial charge on any atom is 0.223 e. The van der Waals surface area contributed by atoms with E-state index in [4.69, 9.17) is 0 Å². The average Bonchev–Trinajstić information content (AvgIpc) is 2.73. The van der Waals surface area contributed by atoms with Crippen molar-refractivity contribution in [2.24, 2.45) is 0 Å². The normalized spacial score (nSPS) is 23.2. The standard InChI is InChI=1S/C12H19N3O3S2/c1-9-3-5-20(17,18)6-4-15(9)7-11-8-19-12(14-11)13-10(2)16/h8-9H,3-7H2,1-2H3,(H,13,14,16). The number of carbonyl (C=O) groups is 1. The second kappa shape index (κ2) is 6.19. The number of hydrogen-bond acceptors (Lipinski definition) is 6. The van der Waals surface area contributed by atoms with Gasteiger partial charge in [0.05, 0.1) is 17.2 Å². The summed E-state index contributed by atoms with van der Waals surface area (Å²) in [5, 5.41) is 5.14. The number of carbonyl (C=O) groups excluding carboxylic acids is 1. The molecule has 1 N–H and O–H groups in total. The Labute approximate surface area is 123 Å². The summed E-state index contributed by atoms with van der Waals surface area (Å²) in [4.78, 5) is 17.4. The van der Waals surface area contributed by atoms with Gasteiger partial charge in [-0.05, 0) is 13.3 Å². The van der Waals surface area contributed by atoms with E-state index in [0.717, 1.165) is 5.69 Å². The summed E-state index contributed by atoms with van der Waals surface area (Å²) in [7, 11) is -2.90. The Bertz CT molecular complexity index is 583. The van der Waals surface area contributed by atoms with Crippen molar-refractivity contribution < 1.29 is 13.2 Å². The number of nitrogens with one attached hydrogen (secondary N) is 1. The second-order valence-corrected chi connectivity index (χ2v) is 8.25. The number of sulfone groups is 1. The lowest BCUT2D eigenvalue weighted by molar-refractivity contribution is -0.114. The van der Waals surface area contributed by atoms with Crippen LogP contribution < -0.4 is 5.32 Å². The third kappa shape index (κ3) is 4.26. The van der Waals surface area contributed by atoms with E-state index < -0.39 is 9.84 Å². The Kier molecular flexibility index (Phi) is 4.77. The molecule has 1 aromatic rings. The van der Waals surface area contributed by atoms with Gasteiger partial charge in [-0.3, -0.25) is 9.69 Å². The van der Waals surface area contributed by atoms with E-state index >= 15 is 0 Å². The number of aromatic nitrogens is 1. The van der Waals surface area contributed by atoms with Crippen molar-refractivity contribution in [2.45, 2.75) is 32.9 Å². The summed E-state index contributed by atoms with van der Waals surface area (Å²) in [5.41, 5.74) is 0.866. The van der Waals surface area contributed by atoms with Gasteiger partial charge in [0.1, 0.15) is 0 Å². The molecule has 1 aliphatic rings. The Morgan fingerprint density at radius 3 is 3.00 bits per heavy atom. The van der Waals surface area contributed by atoms with Gasteiger partial charge in [-0.1, -0.05) is 0 Å². The van der Waals surface area contributed by atoms with Gasteiger partial charge < -0.3 is 5.32 Å². The molecule has 112 valence electrons. The third-order valence-electron chi connectivity index (χ3n) is 3.36. The SMILES string of the molecule is CC(=O)Nc1nc(CN2CCS(=O)(=O)CCC2C)cs1. The molecule has 0 aromatic carbocycles. The van der Waals surface area contributed by atoms with Gasteiger partial charge >= 0.3 is 0 Å². The molecule has 2 rings (SSSR count). The minimum absolute atomic E-state index is 0.139. The van der Waals surface area contributed by atoms with Crippen molar-refractivity contribution in [2.75, 3.05) is 23.4 Å². The number of nitrogens with zero attached hydrogens (tertiary/aromatic N) is 2. The summed E-state index contributed by atoms with van der Waals surface area (Å²) in [6.45, 7) is 4.65. The topological polar surface area (TPSA) is 79.4 Å². The van der Waals surface area contributed by atoms with Crippen LogP contribution in [0.25, 0.3) is 0 Å². The van der Waals surface area contributed by atoms with E-state index in [9.17, 15) is 13.2 Å². The monoisotopic (exact) mass is 317 g/mol. The maximum atomic E-state index is 11.7. The van der Waals surface area contributed by atoms with Gasteiger partial charge in [0, 0.05) is 31.4 Å². The molecular formula is C12H19N3O3S2. The molecule has 20 heavy (non-hydrogen) atoms. The van der Waals surface area contributed by atoms with E-state index in [-0.39, 0.29) is 23.5 Å². The molecule has 0 spiro atoms. The summed E-state index contributed by atoms with van der Waals surface area (Å²) in [5.74, 6) is 0.332. The lowest BCUT2D eigenvalue weighted by atomic mass is 10.2. The van der Waals surface area contributed by atoms with Crippen LogP contribution in [0.2, 0.25) is 0 Å². The number of rotatable bonds is 3. The summed E-state index contributed by atoms with van der Waals surface area (Å²) in [6.07, 6.45) is 0.658. The second-order valence-electron chi connectivity index (χ2n) is 5.09.